The van der Waals surface area contributed by atoms with E-state index < -0.39 is 0 Å². The fraction of sp³-hybridized carbons (Fsp3) is 0.357. The van der Waals surface area contributed by atoms with Crippen molar-refractivity contribution in [2.24, 2.45) is 7.05 Å². The van der Waals surface area contributed by atoms with Gasteiger partial charge in [0.1, 0.15) is 0 Å². The molecule has 0 spiro atoms. The van der Waals surface area contributed by atoms with Crippen LogP contribution in [0.1, 0.15) is 24.1 Å². The van der Waals surface area contributed by atoms with Crippen LogP contribution >= 0.6 is 38.5 Å². The highest BCUT2D eigenvalue weighted by Gasteiger charge is 2.15. The van der Waals surface area contributed by atoms with Crippen molar-refractivity contribution < 1.29 is 0 Å². The summed E-state index contributed by atoms with van der Waals surface area (Å²) in [5.74, 6) is 0. The van der Waals surface area contributed by atoms with Crippen LogP contribution in [0, 0.1) is 3.57 Å². The average molecular weight is 434 g/mol. The Labute approximate surface area is 136 Å². The van der Waals surface area contributed by atoms with Crippen molar-refractivity contribution in [3.63, 3.8) is 0 Å². The first kappa shape index (κ1) is 15.0. The maximum Gasteiger partial charge on any atom is 0.0522 e. The molecule has 5 heteroatoms. The smallest absolute Gasteiger partial charge is 0.0522 e. The highest BCUT2D eigenvalue weighted by Crippen LogP contribution is 2.26. The number of aryl methyl sites for hydroxylation is 1. The van der Waals surface area contributed by atoms with E-state index in [9.17, 15) is 0 Å². The molecule has 0 fully saturated rings. The first-order valence-corrected chi connectivity index (χ1v) is 8.13. The highest BCUT2D eigenvalue weighted by molar-refractivity contribution is 14.1. The molecule has 3 nitrogen and oxygen atoms in total. The summed E-state index contributed by atoms with van der Waals surface area (Å²) in [5, 5.41) is 7.80. The second kappa shape index (κ2) is 6.85. The quantitative estimate of drug-likeness (QED) is 0.729. The van der Waals surface area contributed by atoms with Crippen LogP contribution < -0.4 is 5.32 Å². The Kier molecular flexibility index (Phi) is 5.41. The summed E-state index contributed by atoms with van der Waals surface area (Å²) in [6, 6.07) is 6.75. The molecule has 0 aliphatic heterocycles. The van der Waals surface area contributed by atoms with Crippen LogP contribution in [0.15, 0.2) is 35.1 Å². The van der Waals surface area contributed by atoms with Crippen molar-refractivity contribution >= 4 is 38.5 Å². The van der Waals surface area contributed by atoms with E-state index in [1.807, 2.05) is 17.9 Å². The molecule has 0 aliphatic carbocycles. The molecule has 19 heavy (non-hydrogen) atoms. The van der Waals surface area contributed by atoms with Gasteiger partial charge in [-0.05, 0) is 64.9 Å². The SMILES string of the molecule is CCNC(Cc1cnn(C)c1)c1cc(Br)ccc1I. The molecule has 0 aliphatic rings. The van der Waals surface area contributed by atoms with Crippen LogP contribution in [-0.4, -0.2) is 16.3 Å². The summed E-state index contributed by atoms with van der Waals surface area (Å²) in [4.78, 5) is 0. The summed E-state index contributed by atoms with van der Waals surface area (Å²) in [6.07, 6.45) is 4.97. The van der Waals surface area contributed by atoms with E-state index in [1.165, 1.54) is 14.7 Å². The lowest BCUT2D eigenvalue weighted by atomic mass is 10.0. The van der Waals surface area contributed by atoms with Crippen LogP contribution in [0.3, 0.4) is 0 Å². The van der Waals surface area contributed by atoms with E-state index in [0.29, 0.717) is 6.04 Å². The standard InChI is InChI=1S/C14H17BrIN3/c1-3-17-14(6-10-8-18-19(2)9-10)12-7-11(15)4-5-13(12)16/h4-5,7-9,14,17H,3,6H2,1-2H3. The Hall–Kier alpha value is -0.400. The lowest BCUT2D eigenvalue weighted by Gasteiger charge is -2.19. The molecule has 1 unspecified atom stereocenters. The van der Waals surface area contributed by atoms with Gasteiger partial charge in [-0.3, -0.25) is 4.68 Å². The molecular formula is C14H17BrIN3. The van der Waals surface area contributed by atoms with E-state index in [1.54, 1.807) is 0 Å². The third kappa shape index (κ3) is 4.03. The van der Waals surface area contributed by atoms with E-state index in [4.69, 9.17) is 0 Å². The number of halogens is 2. The van der Waals surface area contributed by atoms with Crippen LogP contribution in [-0.2, 0) is 13.5 Å². The second-order valence-corrected chi connectivity index (χ2v) is 6.58. The van der Waals surface area contributed by atoms with Gasteiger partial charge < -0.3 is 5.32 Å². The summed E-state index contributed by atoms with van der Waals surface area (Å²) in [5.41, 5.74) is 2.59. The molecule has 1 atom stereocenters. The van der Waals surface area contributed by atoms with Gasteiger partial charge in [-0.25, -0.2) is 0 Å². The van der Waals surface area contributed by atoms with Crippen LogP contribution in [0.4, 0.5) is 0 Å². The number of benzene rings is 1. The molecule has 0 saturated carbocycles. The number of nitrogens with one attached hydrogen (secondary N) is 1. The van der Waals surface area contributed by atoms with Gasteiger partial charge in [0.2, 0.25) is 0 Å². The zero-order valence-corrected chi connectivity index (χ0v) is 14.8. The van der Waals surface area contributed by atoms with Gasteiger partial charge in [-0.15, -0.1) is 0 Å². The normalized spacial score (nSPS) is 12.6. The monoisotopic (exact) mass is 433 g/mol. The lowest BCUT2D eigenvalue weighted by molar-refractivity contribution is 0.547. The van der Waals surface area contributed by atoms with Crippen molar-refractivity contribution in [2.75, 3.05) is 6.54 Å². The fourth-order valence-corrected chi connectivity index (χ4v) is 3.22. The van der Waals surface area contributed by atoms with Crippen molar-refractivity contribution in [1.29, 1.82) is 0 Å². The minimum absolute atomic E-state index is 0.318. The van der Waals surface area contributed by atoms with E-state index in [2.05, 4.69) is 80.3 Å². The summed E-state index contributed by atoms with van der Waals surface area (Å²) < 4.78 is 4.26. The predicted molar refractivity (Wildman–Crippen MR) is 90.2 cm³/mol. The second-order valence-electron chi connectivity index (χ2n) is 4.50. The minimum Gasteiger partial charge on any atom is -0.310 e. The molecule has 1 aromatic carbocycles. The maximum absolute atomic E-state index is 4.24. The fourth-order valence-electron chi connectivity index (χ4n) is 2.13. The molecule has 0 radical (unpaired) electrons. The molecule has 1 N–H and O–H groups in total. The van der Waals surface area contributed by atoms with Crippen molar-refractivity contribution in [3.8, 4) is 0 Å². The molecular weight excluding hydrogens is 417 g/mol. The number of rotatable bonds is 5. The first-order chi connectivity index (χ1) is 9.10. The first-order valence-electron chi connectivity index (χ1n) is 6.26. The topological polar surface area (TPSA) is 29.9 Å². The molecule has 0 bridgehead atoms. The van der Waals surface area contributed by atoms with Gasteiger partial charge in [0.05, 0.1) is 6.20 Å². The van der Waals surface area contributed by atoms with Gasteiger partial charge >= 0.3 is 0 Å². The van der Waals surface area contributed by atoms with Gasteiger partial charge in [0, 0.05) is 27.3 Å². The van der Waals surface area contributed by atoms with E-state index in [-0.39, 0.29) is 0 Å². The molecule has 0 amide bonds. The van der Waals surface area contributed by atoms with Crippen LogP contribution in [0.5, 0.6) is 0 Å². The van der Waals surface area contributed by atoms with E-state index in [0.717, 1.165) is 17.4 Å². The van der Waals surface area contributed by atoms with Crippen molar-refractivity contribution in [2.45, 2.75) is 19.4 Å². The third-order valence-electron chi connectivity index (χ3n) is 2.98. The van der Waals surface area contributed by atoms with Crippen molar-refractivity contribution in [3.05, 3.63) is 49.8 Å². The van der Waals surface area contributed by atoms with Gasteiger partial charge in [0.25, 0.3) is 0 Å². The molecule has 2 aromatic rings. The van der Waals surface area contributed by atoms with Gasteiger partial charge in [-0.2, -0.15) is 5.10 Å². The Morgan fingerprint density at radius 1 is 1.47 bits per heavy atom. The number of nitrogens with zero attached hydrogens (tertiary/aromatic N) is 2. The predicted octanol–water partition coefficient (Wildman–Crippen LogP) is 3.68. The Morgan fingerprint density at radius 2 is 2.26 bits per heavy atom. The maximum atomic E-state index is 4.24. The Bertz CT molecular complexity index is 553. The lowest BCUT2D eigenvalue weighted by Crippen LogP contribution is -2.23. The van der Waals surface area contributed by atoms with Crippen molar-refractivity contribution in [1.82, 2.24) is 15.1 Å². The summed E-state index contributed by atoms with van der Waals surface area (Å²) >= 11 is 5.96. The Balaban J connectivity index is 2.26. The molecule has 1 aromatic heterocycles. The van der Waals surface area contributed by atoms with Crippen LogP contribution in [0.25, 0.3) is 0 Å². The highest BCUT2D eigenvalue weighted by atomic mass is 127. The largest absolute Gasteiger partial charge is 0.310 e. The molecule has 2 rings (SSSR count). The summed E-state index contributed by atoms with van der Waals surface area (Å²) in [7, 11) is 1.95. The number of hydrogen-bond donors (Lipinski definition) is 1. The zero-order chi connectivity index (χ0) is 13.8. The third-order valence-corrected chi connectivity index (χ3v) is 4.46. The van der Waals surface area contributed by atoms with E-state index >= 15 is 0 Å². The zero-order valence-electron chi connectivity index (χ0n) is 11.0. The van der Waals surface area contributed by atoms with Crippen LogP contribution in [0.2, 0.25) is 0 Å². The molecule has 0 saturated heterocycles. The number of likely N-dealkylation sites (N-methyl/N-ethyl adjacent to an activating group) is 1. The average Bonchev–Trinajstić information content (AvgIpc) is 2.77. The minimum atomic E-state index is 0.318. The number of aromatic nitrogens is 2. The Morgan fingerprint density at radius 3 is 2.89 bits per heavy atom. The number of hydrogen-bond acceptors (Lipinski definition) is 2. The molecule has 102 valence electrons. The van der Waals surface area contributed by atoms with Gasteiger partial charge in [0.15, 0.2) is 0 Å². The summed E-state index contributed by atoms with van der Waals surface area (Å²) in [6.45, 7) is 3.09. The van der Waals surface area contributed by atoms with Gasteiger partial charge in [-0.1, -0.05) is 22.9 Å². The molecule has 1 heterocycles.